The van der Waals surface area contributed by atoms with Crippen LogP contribution in [-0.2, 0) is 27.7 Å². The van der Waals surface area contributed by atoms with Gasteiger partial charge >= 0.3 is 6.18 Å². The van der Waals surface area contributed by atoms with Crippen molar-refractivity contribution in [3.05, 3.63) is 58.1 Å². The Bertz CT molecular complexity index is 1070. The molecule has 1 atom stereocenters. The first-order chi connectivity index (χ1) is 15.6. The summed E-state index contributed by atoms with van der Waals surface area (Å²) in [5.41, 5.74) is 7.03. The van der Waals surface area contributed by atoms with E-state index in [9.17, 15) is 18.0 Å². The van der Waals surface area contributed by atoms with Gasteiger partial charge in [0.25, 0.3) is 0 Å². The Balaban J connectivity index is 1.60. The summed E-state index contributed by atoms with van der Waals surface area (Å²) in [6.07, 6.45) is -0.623. The normalized spacial score (nSPS) is 22.4. The lowest BCUT2D eigenvalue weighted by molar-refractivity contribution is -0.145. The predicted octanol–water partition coefficient (Wildman–Crippen LogP) is 3.68. The number of guanidine groups is 1. The van der Waals surface area contributed by atoms with Gasteiger partial charge in [-0.2, -0.15) is 13.2 Å². The van der Waals surface area contributed by atoms with Crippen molar-refractivity contribution in [1.29, 1.82) is 0 Å². The third kappa shape index (κ3) is 4.81. The largest absolute Gasteiger partial charge is 0.451 e. The molecule has 2 aromatic rings. The molecular formula is C22H23ClF3N5O2. The monoisotopic (exact) mass is 481 g/mol. The number of hydrogen-bond donors (Lipinski definition) is 1. The summed E-state index contributed by atoms with van der Waals surface area (Å²) in [6, 6.07) is 5.27. The van der Waals surface area contributed by atoms with E-state index in [1.165, 1.54) is 0 Å². The van der Waals surface area contributed by atoms with Crippen LogP contribution in [0.1, 0.15) is 48.7 Å². The summed E-state index contributed by atoms with van der Waals surface area (Å²) in [6.45, 7) is 2.94. The van der Waals surface area contributed by atoms with E-state index in [-0.39, 0.29) is 30.8 Å². The van der Waals surface area contributed by atoms with E-state index in [1.54, 1.807) is 30.0 Å². The van der Waals surface area contributed by atoms with E-state index in [4.69, 9.17) is 22.1 Å². The number of amides is 1. The number of carbonyl (C=O) groups is 1. The highest BCUT2D eigenvalue weighted by Crippen LogP contribution is 2.40. The zero-order valence-electron chi connectivity index (χ0n) is 17.9. The number of carbonyl (C=O) groups excluding carboxylic acids is 1. The van der Waals surface area contributed by atoms with Gasteiger partial charge in [-0.15, -0.1) is 0 Å². The lowest BCUT2D eigenvalue weighted by Gasteiger charge is -2.40. The highest BCUT2D eigenvalue weighted by atomic mass is 35.5. The first-order valence-electron chi connectivity index (χ1n) is 10.5. The minimum absolute atomic E-state index is 0.0407. The highest BCUT2D eigenvalue weighted by Gasteiger charge is 2.41. The molecule has 1 aromatic heterocycles. The van der Waals surface area contributed by atoms with Crippen molar-refractivity contribution in [3.8, 4) is 0 Å². The van der Waals surface area contributed by atoms with Crippen molar-refractivity contribution in [2.24, 2.45) is 10.7 Å². The molecule has 0 saturated carbocycles. The smallest absolute Gasteiger partial charge is 0.381 e. The van der Waals surface area contributed by atoms with Crippen molar-refractivity contribution in [1.82, 2.24) is 14.9 Å². The van der Waals surface area contributed by atoms with Crippen LogP contribution < -0.4 is 5.73 Å². The van der Waals surface area contributed by atoms with Crippen LogP contribution in [0.4, 0.5) is 13.2 Å². The first kappa shape index (κ1) is 23.4. The summed E-state index contributed by atoms with van der Waals surface area (Å²) in [5, 5.41) is 0.378. The Morgan fingerprint density at radius 3 is 2.52 bits per heavy atom. The van der Waals surface area contributed by atoms with Gasteiger partial charge in [-0.1, -0.05) is 29.8 Å². The third-order valence-electron chi connectivity index (χ3n) is 5.94. The van der Waals surface area contributed by atoms with Crippen molar-refractivity contribution < 1.29 is 22.7 Å². The quantitative estimate of drug-likeness (QED) is 0.719. The van der Waals surface area contributed by atoms with Crippen molar-refractivity contribution in [2.75, 3.05) is 13.2 Å². The Morgan fingerprint density at radius 2 is 1.91 bits per heavy atom. The molecule has 0 spiro atoms. The van der Waals surface area contributed by atoms with Crippen LogP contribution in [0, 0.1) is 0 Å². The second-order valence-electron chi connectivity index (χ2n) is 8.40. The van der Waals surface area contributed by atoms with Gasteiger partial charge in [0.05, 0.1) is 12.0 Å². The number of alkyl halides is 3. The Hall–Kier alpha value is -2.72. The van der Waals surface area contributed by atoms with E-state index < -0.39 is 17.5 Å². The molecule has 0 bridgehead atoms. The molecule has 1 saturated heterocycles. The van der Waals surface area contributed by atoms with E-state index in [1.807, 2.05) is 0 Å². The number of aliphatic imine (C=N–C) groups is 1. The number of ether oxygens (including phenoxy) is 1. The first-order valence-corrected chi connectivity index (χ1v) is 10.9. The molecule has 3 heterocycles. The molecule has 0 unspecified atom stereocenters. The van der Waals surface area contributed by atoms with Gasteiger partial charge < -0.3 is 10.5 Å². The standard InChI is InChI=1S/C22H23ClF3N5O2/c1-21(10-17(32)31(20(27)30-21)15-5-7-33-8-6-15)16-4-2-3-14(18(16)23)9-13-11-28-19(29-12-13)22(24,25)26/h2-4,11-12,15H,5-10H2,1H3,(H2,27,30)/t21-/m0/s1. The number of aromatic nitrogens is 2. The van der Waals surface area contributed by atoms with Crippen LogP contribution in [0.2, 0.25) is 5.02 Å². The highest BCUT2D eigenvalue weighted by molar-refractivity contribution is 6.32. The van der Waals surface area contributed by atoms with E-state index in [0.717, 1.165) is 12.4 Å². The molecule has 7 nitrogen and oxygen atoms in total. The van der Waals surface area contributed by atoms with E-state index in [2.05, 4.69) is 15.0 Å². The second-order valence-corrected chi connectivity index (χ2v) is 8.77. The number of hydrogen-bond acceptors (Lipinski definition) is 6. The molecule has 2 aliphatic heterocycles. The Morgan fingerprint density at radius 1 is 1.24 bits per heavy atom. The second kappa shape index (κ2) is 8.90. The fraction of sp³-hybridized carbons (Fsp3) is 0.455. The van der Waals surface area contributed by atoms with Gasteiger partial charge in [-0.25, -0.2) is 15.0 Å². The third-order valence-corrected chi connectivity index (χ3v) is 6.39. The van der Waals surface area contributed by atoms with Crippen LogP contribution in [0.3, 0.4) is 0 Å². The Labute approximate surface area is 193 Å². The summed E-state index contributed by atoms with van der Waals surface area (Å²) >= 11 is 6.69. The molecule has 176 valence electrons. The number of benzene rings is 1. The molecule has 2 aliphatic rings. The van der Waals surface area contributed by atoms with Gasteiger partial charge in [-0.05, 0) is 36.5 Å². The van der Waals surface area contributed by atoms with Gasteiger partial charge in [0.1, 0.15) is 0 Å². The molecule has 2 N–H and O–H groups in total. The van der Waals surface area contributed by atoms with Crippen LogP contribution in [0.15, 0.2) is 35.6 Å². The molecule has 4 rings (SSSR count). The molecule has 0 radical (unpaired) electrons. The number of nitrogens with two attached hydrogens (primary N) is 1. The summed E-state index contributed by atoms with van der Waals surface area (Å²) in [4.78, 5) is 26.1. The maximum Gasteiger partial charge on any atom is 0.451 e. The van der Waals surface area contributed by atoms with Crippen LogP contribution in [0.5, 0.6) is 0 Å². The zero-order valence-corrected chi connectivity index (χ0v) is 18.7. The maximum absolute atomic E-state index is 13.1. The average molecular weight is 482 g/mol. The Kier molecular flexibility index (Phi) is 6.32. The van der Waals surface area contributed by atoms with Gasteiger partial charge in [0, 0.05) is 43.1 Å². The molecule has 1 amide bonds. The average Bonchev–Trinajstić information content (AvgIpc) is 2.75. The van der Waals surface area contributed by atoms with E-state index in [0.29, 0.717) is 47.8 Å². The van der Waals surface area contributed by atoms with Crippen molar-refractivity contribution in [3.63, 3.8) is 0 Å². The molecule has 1 fully saturated rings. The number of nitrogens with zero attached hydrogens (tertiary/aromatic N) is 4. The minimum Gasteiger partial charge on any atom is -0.381 e. The van der Waals surface area contributed by atoms with Crippen molar-refractivity contribution >= 4 is 23.5 Å². The van der Waals surface area contributed by atoms with Crippen LogP contribution in [-0.4, -0.2) is 46.0 Å². The lowest BCUT2D eigenvalue weighted by Crippen LogP contribution is -2.55. The SMILES string of the molecule is C[C@@]1(c2cccc(Cc3cnc(C(F)(F)F)nc3)c2Cl)CC(=O)N(C2CCOCC2)C(N)=N1. The summed E-state index contributed by atoms with van der Waals surface area (Å²) in [5.74, 6) is -1.18. The maximum atomic E-state index is 13.1. The fourth-order valence-electron chi connectivity index (χ4n) is 4.29. The molecular weight excluding hydrogens is 459 g/mol. The van der Waals surface area contributed by atoms with Crippen LogP contribution >= 0.6 is 11.6 Å². The van der Waals surface area contributed by atoms with Gasteiger partial charge in [0.2, 0.25) is 11.7 Å². The van der Waals surface area contributed by atoms with Crippen molar-refractivity contribution in [2.45, 2.75) is 50.4 Å². The topological polar surface area (TPSA) is 93.7 Å². The number of rotatable bonds is 4. The molecule has 11 heteroatoms. The van der Waals surface area contributed by atoms with Crippen LogP contribution in [0.25, 0.3) is 0 Å². The summed E-state index contributed by atoms with van der Waals surface area (Å²) in [7, 11) is 0. The summed E-state index contributed by atoms with van der Waals surface area (Å²) < 4.78 is 43.5. The van der Waals surface area contributed by atoms with E-state index >= 15 is 0 Å². The molecule has 1 aromatic carbocycles. The fourth-order valence-corrected chi connectivity index (χ4v) is 4.68. The van der Waals surface area contributed by atoms with Gasteiger partial charge in [-0.3, -0.25) is 9.69 Å². The lowest BCUT2D eigenvalue weighted by atomic mass is 9.85. The molecule has 33 heavy (non-hydrogen) atoms. The zero-order chi connectivity index (χ0) is 23.8. The molecule has 0 aliphatic carbocycles. The van der Waals surface area contributed by atoms with Gasteiger partial charge in [0.15, 0.2) is 5.96 Å². The minimum atomic E-state index is -4.60. The predicted molar refractivity (Wildman–Crippen MR) is 116 cm³/mol. The number of halogens is 4.